The summed E-state index contributed by atoms with van der Waals surface area (Å²) < 4.78 is 110. The number of aryl methyl sites for hydroxylation is 3. The van der Waals surface area contributed by atoms with Gasteiger partial charge in [0.1, 0.15) is 34.2 Å². The van der Waals surface area contributed by atoms with Gasteiger partial charge in [0.25, 0.3) is 0 Å². The summed E-state index contributed by atoms with van der Waals surface area (Å²) in [4.78, 5) is 0. The molecule has 0 atom stereocenters. The van der Waals surface area contributed by atoms with E-state index >= 15 is 0 Å². The van der Waals surface area contributed by atoms with Crippen LogP contribution >= 0.6 is 34.0 Å². The fourth-order valence-electron chi connectivity index (χ4n) is 6.45. The van der Waals surface area contributed by atoms with Crippen LogP contribution in [0.5, 0.6) is 0 Å². The molecular formula is C42H57Cl3FeN9O12S6. The Bertz CT molecular complexity index is 2240. The van der Waals surface area contributed by atoms with Gasteiger partial charge in [-0.3, -0.25) is 34.0 Å². The molecule has 0 aliphatic heterocycles. The topological polar surface area (TPSA) is 366 Å². The minimum atomic E-state index is -4.94. The van der Waals surface area contributed by atoms with Gasteiger partial charge in [-0.25, -0.2) is 69.6 Å². The van der Waals surface area contributed by atoms with Crippen LogP contribution in [0.2, 0.25) is 0 Å². The summed E-state index contributed by atoms with van der Waals surface area (Å²) in [6, 6.07) is 13.3. The largest absolute Gasteiger partial charge is 3.00 e. The molecule has 0 aliphatic carbocycles. The van der Waals surface area contributed by atoms with Gasteiger partial charge in [0.05, 0.1) is 15.3 Å². The zero-order chi connectivity index (χ0) is 56.0. The molecule has 21 nitrogen and oxygen atoms in total. The number of rotatable bonds is 9. The zero-order valence-corrected chi connectivity index (χ0v) is 50.6. The van der Waals surface area contributed by atoms with Gasteiger partial charge < -0.3 is 37.9 Å². The smallest absolute Gasteiger partial charge is 0.404 e. The third kappa shape index (κ3) is 27.0. The molecule has 6 heterocycles. The second-order valence-corrected chi connectivity index (χ2v) is 24.3. The van der Waals surface area contributed by atoms with Crippen LogP contribution in [0.4, 0.5) is 0 Å². The fourth-order valence-corrected chi connectivity index (χ4v) is 9.11. The van der Waals surface area contributed by atoms with Crippen molar-refractivity contribution in [3.05, 3.63) is 87.3 Å². The molecule has 31 heteroatoms. The maximum atomic E-state index is 8.49. The predicted molar refractivity (Wildman–Crippen MR) is 240 cm³/mol. The Labute approximate surface area is 471 Å². The first-order chi connectivity index (χ1) is 32.7. The van der Waals surface area contributed by atoms with Gasteiger partial charge >= 0.3 is 32.5 Å². The molecule has 0 unspecified atom stereocenters. The standard InChI is InChI=1S/3C14H19N3S2.3ClHO4.Fe/c3*1-8(2)11-6-10(5)7-12(9(3)4)17(11)13-15-16-14(18)19-13;3*2-1(3,4)5;/h3*6-9H,1-5H3;3*(H,2,3,4,5);/q;;;;;;+3/p-3. The van der Waals surface area contributed by atoms with Crippen LogP contribution in [-0.4, -0.2) is 30.6 Å². The van der Waals surface area contributed by atoms with Gasteiger partial charge in [0.15, 0.2) is 0 Å². The number of nitrogens with zero attached hydrogens (tertiary/aromatic N) is 9. The second kappa shape index (κ2) is 31.2. The molecule has 6 rings (SSSR count). The van der Waals surface area contributed by atoms with Crippen LogP contribution in [0, 0.1) is 51.5 Å². The van der Waals surface area contributed by atoms with E-state index in [1.54, 1.807) is 0 Å². The molecule has 0 saturated carbocycles. The molecule has 73 heavy (non-hydrogen) atoms. The molecule has 6 aromatic heterocycles. The Hall–Kier alpha value is -2.30. The monoisotopic (exact) mass is 1230 g/mol. The third-order valence-electron chi connectivity index (χ3n) is 9.11. The van der Waals surface area contributed by atoms with Crippen molar-refractivity contribution in [3.63, 3.8) is 0 Å². The summed E-state index contributed by atoms with van der Waals surface area (Å²) in [7, 11) is -14.8. The van der Waals surface area contributed by atoms with E-state index in [4.69, 9.17) is 93.8 Å². The van der Waals surface area contributed by atoms with E-state index in [2.05, 4.69) is 185 Å². The maximum absolute atomic E-state index is 8.49. The summed E-state index contributed by atoms with van der Waals surface area (Å²) in [5.41, 5.74) is 11.4. The van der Waals surface area contributed by atoms with E-state index < -0.39 is 30.7 Å². The minimum absolute atomic E-state index is 0. The Morgan fingerprint density at radius 2 is 0.479 bits per heavy atom. The molecule has 0 N–H and O–H groups in total. The molecule has 6 aromatic rings. The van der Waals surface area contributed by atoms with Gasteiger partial charge in [-0.05, 0) is 73.9 Å². The maximum Gasteiger partial charge on any atom is 3.00 e. The van der Waals surface area contributed by atoms with Crippen molar-refractivity contribution in [2.75, 3.05) is 0 Å². The Morgan fingerprint density at radius 3 is 0.575 bits per heavy atom. The number of hydrogen-bond donors (Lipinski definition) is 0. The van der Waals surface area contributed by atoms with Gasteiger partial charge in [-0.15, -0.1) is 30.7 Å². The van der Waals surface area contributed by atoms with Gasteiger partial charge in [0.2, 0.25) is 0 Å². The quantitative estimate of drug-likeness (QED) is 0.0749. The summed E-state index contributed by atoms with van der Waals surface area (Å²) in [5.74, 6) is 2.55. The van der Waals surface area contributed by atoms with E-state index in [1.807, 2.05) is 0 Å². The summed E-state index contributed by atoms with van der Waals surface area (Å²) in [6.45, 7) is 32.8. The number of aromatic nitrogens is 9. The molecule has 0 fully saturated rings. The van der Waals surface area contributed by atoms with Gasteiger partial charge in [0, 0.05) is 48.5 Å². The molecule has 1 radical (unpaired) electrons. The normalized spacial score (nSPS) is 11.5. The van der Waals surface area contributed by atoms with E-state index in [-0.39, 0.29) is 17.1 Å². The second-order valence-electron chi connectivity index (χ2n) is 17.3. The van der Waals surface area contributed by atoms with Crippen LogP contribution in [0.25, 0.3) is 15.4 Å². The van der Waals surface area contributed by atoms with Crippen molar-refractivity contribution < 1.29 is 117 Å². The van der Waals surface area contributed by atoms with Crippen molar-refractivity contribution in [3.8, 4) is 15.4 Å². The van der Waals surface area contributed by atoms with Crippen LogP contribution in [0.3, 0.4) is 0 Å². The van der Waals surface area contributed by atoms with Crippen molar-refractivity contribution >= 4 is 71.9 Å². The molecule has 407 valence electrons. The zero-order valence-electron chi connectivity index (χ0n) is 42.3. The van der Waals surface area contributed by atoms with Crippen LogP contribution in [-0.2, 0) is 55.0 Å². The van der Waals surface area contributed by atoms with Gasteiger partial charge in [-0.2, -0.15) is 0 Å². The predicted octanol–water partition coefficient (Wildman–Crippen LogP) is -4.44. The van der Waals surface area contributed by atoms with Crippen molar-refractivity contribution in [2.24, 2.45) is 0 Å². The summed E-state index contributed by atoms with van der Waals surface area (Å²) in [6.07, 6.45) is 0. The van der Waals surface area contributed by atoms with E-state index in [0.717, 1.165) is 15.4 Å². The van der Waals surface area contributed by atoms with Crippen molar-refractivity contribution in [1.82, 2.24) is 30.6 Å². The SMILES string of the molecule is Cc1cc(C(C)C)[n+](-c2nnc([S-])s2)c(C(C)C)c1.Cc1cc(C(C)C)[n+](-c2nnc([S-])s2)c(C(C)C)c1.Cc1cc(C(C)C)[n+](-c2nnc([S-])s2)c(C(C)C)c1.[Fe+3].[O-][Cl+3]([O-])([O-])[O-].[O-][Cl+3]([O-])([O-])[O-].[O-][Cl+3]([O-])([O-])[O-]. The third-order valence-corrected chi connectivity index (χ3v) is 12.2. The van der Waals surface area contributed by atoms with E-state index in [9.17, 15) is 0 Å². The number of hydrogen-bond acceptors (Lipinski definition) is 24. The molecule has 0 spiro atoms. The van der Waals surface area contributed by atoms with Crippen molar-refractivity contribution in [2.45, 2.75) is 152 Å². The van der Waals surface area contributed by atoms with Crippen LogP contribution in [0.1, 0.15) is 169 Å². The molecule has 0 aliphatic rings. The van der Waals surface area contributed by atoms with E-state index in [1.165, 1.54) is 84.9 Å². The Balaban J connectivity index is 0.000000927. The first-order valence-electron chi connectivity index (χ1n) is 21.3. The van der Waals surface area contributed by atoms with Gasteiger partial charge in [-0.1, -0.05) is 98.4 Å². The molecule has 0 amide bonds. The molecule has 0 saturated heterocycles. The van der Waals surface area contributed by atoms with E-state index in [0.29, 0.717) is 48.5 Å². The molecule has 0 aromatic carbocycles. The first kappa shape index (κ1) is 70.7. The van der Waals surface area contributed by atoms with Crippen LogP contribution in [0.15, 0.2) is 49.4 Å². The summed E-state index contributed by atoms with van der Waals surface area (Å²) in [5, 5.41) is 27.2. The number of pyridine rings is 3. The fraction of sp³-hybridized carbons (Fsp3) is 0.500. The molecular weight excluding hydrogens is 1180 g/mol. The molecule has 0 bridgehead atoms. The summed E-state index contributed by atoms with van der Waals surface area (Å²) >= 11 is 19.7. The minimum Gasteiger partial charge on any atom is -0.404 e. The van der Waals surface area contributed by atoms with Crippen LogP contribution < -0.4 is 69.6 Å². The average molecular weight is 1230 g/mol. The Kier molecular flexibility index (Phi) is 30.2. The first-order valence-corrected chi connectivity index (χ1v) is 28.6. The Morgan fingerprint density at radius 1 is 0.342 bits per heavy atom. The van der Waals surface area contributed by atoms with Crippen molar-refractivity contribution in [1.29, 1.82) is 0 Å². The number of halogens is 3. The average Bonchev–Trinajstić information content (AvgIpc) is 3.96.